The van der Waals surface area contributed by atoms with Gasteiger partial charge in [0.15, 0.2) is 11.5 Å². The standard InChI is InChI=1S/C20H20ClN5O2/c1-26(2)15-7-5-14(6-8-15)22-19-11-9-16(24-25-19)20(27)23-17-12-13(21)4-10-18(17)28-3/h4-12H,1-3H3,(H,22,25)(H,23,27). The number of carbonyl (C=O) groups excluding carboxylic acids is 1. The van der Waals surface area contributed by atoms with Crippen LogP contribution in [-0.4, -0.2) is 37.3 Å². The Morgan fingerprint density at radius 1 is 1.04 bits per heavy atom. The summed E-state index contributed by atoms with van der Waals surface area (Å²) in [5.74, 6) is 0.634. The van der Waals surface area contributed by atoms with E-state index in [0.717, 1.165) is 11.4 Å². The van der Waals surface area contributed by atoms with Crippen molar-refractivity contribution in [3.8, 4) is 5.75 Å². The molecule has 0 atom stereocenters. The first-order valence-corrected chi connectivity index (χ1v) is 8.87. The molecule has 0 aliphatic carbocycles. The smallest absolute Gasteiger partial charge is 0.276 e. The van der Waals surface area contributed by atoms with Crippen molar-refractivity contribution in [1.82, 2.24) is 10.2 Å². The van der Waals surface area contributed by atoms with Gasteiger partial charge in [-0.25, -0.2) is 0 Å². The van der Waals surface area contributed by atoms with E-state index >= 15 is 0 Å². The molecule has 0 aliphatic heterocycles. The van der Waals surface area contributed by atoms with Crippen molar-refractivity contribution in [3.63, 3.8) is 0 Å². The Morgan fingerprint density at radius 2 is 1.79 bits per heavy atom. The molecule has 2 aromatic carbocycles. The zero-order chi connectivity index (χ0) is 20.1. The molecule has 0 aliphatic rings. The van der Waals surface area contributed by atoms with Crippen LogP contribution in [-0.2, 0) is 0 Å². The average Bonchev–Trinajstić information content (AvgIpc) is 2.69. The second-order valence-corrected chi connectivity index (χ2v) is 6.61. The fourth-order valence-corrected chi connectivity index (χ4v) is 2.65. The topological polar surface area (TPSA) is 79.4 Å². The highest BCUT2D eigenvalue weighted by Gasteiger charge is 2.12. The van der Waals surface area contributed by atoms with E-state index in [4.69, 9.17) is 16.3 Å². The number of carbonyl (C=O) groups is 1. The summed E-state index contributed by atoms with van der Waals surface area (Å²) in [7, 11) is 5.48. The van der Waals surface area contributed by atoms with E-state index in [1.165, 1.54) is 7.11 Å². The van der Waals surface area contributed by atoms with Gasteiger partial charge in [0.05, 0.1) is 12.8 Å². The van der Waals surface area contributed by atoms with Crippen LogP contribution in [0.2, 0.25) is 5.02 Å². The molecule has 0 saturated heterocycles. The van der Waals surface area contributed by atoms with Crippen LogP contribution in [0.1, 0.15) is 10.5 Å². The van der Waals surface area contributed by atoms with Crippen molar-refractivity contribution in [2.45, 2.75) is 0 Å². The number of benzene rings is 2. The second-order valence-electron chi connectivity index (χ2n) is 6.17. The lowest BCUT2D eigenvalue weighted by Gasteiger charge is -2.13. The molecule has 0 saturated carbocycles. The third-order valence-corrected chi connectivity index (χ3v) is 4.20. The minimum atomic E-state index is -0.407. The quantitative estimate of drug-likeness (QED) is 0.649. The van der Waals surface area contributed by atoms with Crippen molar-refractivity contribution in [2.24, 2.45) is 0 Å². The first kappa shape index (κ1) is 19.4. The molecular formula is C20H20ClN5O2. The minimum Gasteiger partial charge on any atom is -0.495 e. The molecule has 1 aromatic heterocycles. The fourth-order valence-electron chi connectivity index (χ4n) is 2.48. The number of amides is 1. The van der Waals surface area contributed by atoms with E-state index in [-0.39, 0.29) is 5.69 Å². The molecule has 0 bridgehead atoms. The van der Waals surface area contributed by atoms with Crippen molar-refractivity contribution in [2.75, 3.05) is 36.7 Å². The first-order chi connectivity index (χ1) is 13.5. The van der Waals surface area contributed by atoms with Gasteiger partial charge in [-0.3, -0.25) is 4.79 Å². The largest absolute Gasteiger partial charge is 0.495 e. The predicted molar refractivity (Wildman–Crippen MR) is 112 cm³/mol. The van der Waals surface area contributed by atoms with E-state index in [2.05, 4.69) is 20.8 Å². The lowest BCUT2D eigenvalue weighted by molar-refractivity contribution is 0.102. The summed E-state index contributed by atoms with van der Waals surface area (Å²) in [5.41, 5.74) is 2.61. The van der Waals surface area contributed by atoms with Crippen molar-refractivity contribution >= 4 is 40.4 Å². The normalized spacial score (nSPS) is 10.3. The third kappa shape index (κ3) is 4.69. The van der Waals surface area contributed by atoms with Crippen LogP contribution < -0.4 is 20.3 Å². The second kappa shape index (κ2) is 8.58. The number of nitrogens with one attached hydrogen (secondary N) is 2. The summed E-state index contributed by atoms with van der Waals surface area (Å²) >= 11 is 5.98. The molecule has 0 fully saturated rings. The van der Waals surface area contributed by atoms with E-state index in [1.807, 2.05) is 43.3 Å². The first-order valence-electron chi connectivity index (χ1n) is 8.49. The molecule has 7 nitrogen and oxygen atoms in total. The lowest BCUT2D eigenvalue weighted by atomic mass is 10.2. The van der Waals surface area contributed by atoms with Gasteiger partial charge in [0.2, 0.25) is 0 Å². The molecule has 8 heteroatoms. The molecule has 1 amide bonds. The van der Waals surface area contributed by atoms with E-state index < -0.39 is 5.91 Å². The molecule has 144 valence electrons. The van der Waals surface area contributed by atoms with Gasteiger partial charge in [0.1, 0.15) is 5.75 Å². The number of halogens is 1. The van der Waals surface area contributed by atoms with Crippen molar-refractivity contribution in [1.29, 1.82) is 0 Å². The molecule has 0 spiro atoms. The van der Waals surface area contributed by atoms with Crippen molar-refractivity contribution in [3.05, 3.63) is 65.3 Å². The van der Waals surface area contributed by atoms with Gasteiger partial charge in [-0.2, -0.15) is 0 Å². The maximum Gasteiger partial charge on any atom is 0.276 e. The Labute approximate surface area is 168 Å². The lowest BCUT2D eigenvalue weighted by Crippen LogP contribution is -2.15. The van der Waals surface area contributed by atoms with Gasteiger partial charge in [-0.05, 0) is 54.6 Å². The van der Waals surface area contributed by atoms with Gasteiger partial charge >= 0.3 is 0 Å². The minimum absolute atomic E-state index is 0.176. The van der Waals surface area contributed by atoms with Gasteiger partial charge in [0, 0.05) is 30.5 Å². The zero-order valence-corrected chi connectivity index (χ0v) is 16.5. The number of aromatic nitrogens is 2. The van der Waals surface area contributed by atoms with Crippen LogP contribution in [0.5, 0.6) is 5.75 Å². The maximum atomic E-state index is 12.4. The number of anilines is 4. The van der Waals surface area contributed by atoms with Crippen LogP contribution in [0, 0.1) is 0 Å². The Kier molecular flexibility index (Phi) is 5.96. The summed E-state index contributed by atoms with van der Waals surface area (Å²) in [5, 5.41) is 14.4. The van der Waals surface area contributed by atoms with E-state index in [9.17, 15) is 4.79 Å². The monoisotopic (exact) mass is 397 g/mol. The summed E-state index contributed by atoms with van der Waals surface area (Å²) in [4.78, 5) is 14.4. The Bertz CT molecular complexity index is 959. The molecule has 3 rings (SSSR count). The van der Waals surface area contributed by atoms with Crippen molar-refractivity contribution < 1.29 is 9.53 Å². The summed E-state index contributed by atoms with van der Waals surface area (Å²) < 4.78 is 5.22. The molecule has 0 radical (unpaired) electrons. The highest BCUT2D eigenvalue weighted by molar-refractivity contribution is 6.31. The van der Waals surface area contributed by atoms with E-state index in [0.29, 0.717) is 22.3 Å². The molecule has 0 unspecified atom stereocenters. The predicted octanol–water partition coefficient (Wildman–Crippen LogP) is 4.20. The Morgan fingerprint density at radius 3 is 2.39 bits per heavy atom. The molecule has 1 heterocycles. The summed E-state index contributed by atoms with van der Waals surface area (Å²) in [6.07, 6.45) is 0. The van der Waals surface area contributed by atoms with Gasteiger partial charge in [-0.15, -0.1) is 10.2 Å². The molecule has 3 aromatic rings. The number of rotatable bonds is 6. The van der Waals surface area contributed by atoms with Gasteiger partial charge < -0.3 is 20.3 Å². The Balaban J connectivity index is 1.68. The SMILES string of the molecule is COc1ccc(Cl)cc1NC(=O)c1ccc(Nc2ccc(N(C)C)cc2)nn1. The molecule has 28 heavy (non-hydrogen) atoms. The molecule has 2 N–H and O–H groups in total. The van der Waals surface area contributed by atoms with Crippen LogP contribution in [0.4, 0.5) is 22.9 Å². The highest BCUT2D eigenvalue weighted by atomic mass is 35.5. The summed E-state index contributed by atoms with van der Waals surface area (Å²) in [6.45, 7) is 0. The zero-order valence-electron chi connectivity index (χ0n) is 15.7. The number of hydrogen-bond acceptors (Lipinski definition) is 6. The van der Waals surface area contributed by atoms with Crippen LogP contribution in [0.3, 0.4) is 0 Å². The van der Waals surface area contributed by atoms with Gasteiger partial charge in [0.25, 0.3) is 5.91 Å². The van der Waals surface area contributed by atoms with Crippen LogP contribution in [0.15, 0.2) is 54.6 Å². The Hall–Kier alpha value is -3.32. The molecular weight excluding hydrogens is 378 g/mol. The van der Waals surface area contributed by atoms with Crippen LogP contribution >= 0.6 is 11.6 Å². The number of methoxy groups -OCH3 is 1. The van der Waals surface area contributed by atoms with E-state index in [1.54, 1.807) is 30.3 Å². The average molecular weight is 398 g/mol. The number of hydrogen-bond donors (Lipinski definition) is 2. The third-order valence-electron chi connectivity index (χ3n) is 3.96. The number of ether oxygens (including phenoxy) is 1. The highest BCUT2D eigenvalue weighted by Crippen LogP contribution is 2.28. The maximum absolute atomic E-state index is 12.4. The fraction of sp³-hybridized carbons (Fsp3) is 0.150. The number of nitrogens with zero attached hydrogens (tertiary/aromatic N) is 3. The summed E-state index contributed by atoms with van der Waals surface area (Å²) in [6, 6.07) is 16.1. The van der Waals surface area contributed by atoms with Gasteiger partial charge in [-0.1, -0.05) is 11.6 Å². The van der Waals surface area contributed by atoms with Crippen LogP contribution in [0.25, 0.3) is 0 Å².